The summed E-state index contributed by atoms with van der Waals surface area (Å²) in [6.45, 7) is 17.7. The van der Waals surface area contributed by atoms with Crippen molar-refractivity contribution in [2.24, 2.45) is 17.3 Å². The van der Waals surface area contributed by atoms with Gasteiger partial charge in [-0.2, -0.15) is 0 Å². The lowest BCUT2D eigenvalue weighted by Gasteiger charge is -2.43. The van der Waals surface area contributed by atoms with Crippen molar-refractivity contribution in [3.8, 4) is 0 Å². The van der Waals surface area contributed by atoms with E-state index in [1.54, 1.807) is 0 Å². The highest BCUT2D eigenvalue weighted by atomic mass is 16.5. The quantitative estimate of drug-likeness (QED) is 0.467. The molecule has 0 bridgehead atoms. The van der Waals surface area contributed by atoms with Crippen molar-refractivity contribution in [2.45, 2.75) is 78.7 Å². The molecule has 0 spiro atoms. The van der Waals surface area contributed by atoms with Crippen molar-refractivity contribution in [2.75, 3.05) is 19.6 Å². The summed E-state index contributed by atoms with van der Waals surface area (Å²) in [4.78, 5) is 2.73. The van der Waals surface area contributed by atoms with Crippen molar-refractivity contribution in [1.29, 1.82) is 0 Å². The van der Waals surface area contributed by atoms with Crippen molar-refractivity contribution in [1.82, 2.24) is 14.6 Å². The summed E-state index contributed by atoms with van der Waals surface area (Å²) in [5.41, 5.74) is 3.74. The Morgan fingerprint density at radius 3 is 2.35 bits per heavy atom. The molecule has 2 aliphatic rings. The van der Waals surface area contributed by atoms with Crippen molar-refractivity contribution < 1.29 is 4.52 Å². The minimum absolute atomic E-state index is 0.0242. The number of piperidine rings is 1. The Kier molecular flexibility index (Phi) is 5.00. The average molecular weight is 422 g/mol. The van der Waals surface area contributed by atoms with Crippen LogP contribution in [0.2, 0.25) is 0 Å². The summed E-state index contributed by atoms with van der Waals surface area (Å²) in [5.74, 6) is 1.73. The van der Waals surface area contributed by atoms with Gasteiger partial charge in [-0.05, 0) is 74.2 Å². The van der Waals surface area contributed by atoms with E-state index in [0.717, 1.165) is 23.1 Å². The molecule has 3 heterocycles. The highest BCUT2D eigenvalue weighted by Gasteiger charge is 2.35. The second-order valence-electron chi connectivity index (χ2n) is 12.3. The van der Waals surface area contributed by atoms with E-state index in [4.69, 9.17) is 4.52 Å². The van der Waals surface area contributed by atoms with Crippen molar-refractivity contribution in [3.05, 3.63) is 30.1 Å². The predicted octanol–water partition coefficient (Wildman–Crippen LogP) is 6.79. The standard InChI is InChI=1S/C27H39N3O/c1-26(2,3)19-9-12-29(13-10-19)17-18-15-20(16-18)30-14-11-21-22(30)7-8-23-24(21)25(28-31-23)27(4,5)6/h7-8,11,14,18-20H,9-10,12-13,15-17H2,1-6H3. The zero-order valence-corrected chi connectivity index (χ0v) is 20.2. The number of rotatable bonds is 3. The van der Waals surface area contributed by atoms with E-state index in [-0.39, 0.29) is 5.41 Å². The first-order valence-corrected chi connectivity index (χ1v) is 12.2. The van der Waals surface area contributed by atoms with Gasteiger partial charge in [0.15, 0.2) is 5.58 Å². The number of likely N-dealkylation sites (tertiary alicyclic amines) is 1. The van der Waals surface area contributed by atoms with Crippen LogP contribution in [0.3, 0.4) is 0 Å². The molecule has 0 amide bonds. The van der Waals surface area contributed by atoms with E-state index in [1.807, 2.05) is 0 Å². The Hall–Kier alpha value is -1.81. The summed E-state index contributed by atoms with van der Waals surface area (Å²) in [7, 11) is 0. The van der Waals surface area contributed by atoms with Crippen molar-refractivity contribution >= 4 is 21.9 Å². The van der Waals surface area contributed by atoms with Gasteiger partial charge in [0, 0.05) is 35.1 Å². The van der Waals surface area contributed by atoms with Crippen LogP contribution in [0.1, 0.15) is 79.0 Å². The number of aromatic nitrogens is 2. The van der Waals surface area contributed by atoms with Gasteiger partial charge in [-0.1, -0.05) is 46.7 Å². The third-order valence-corrected chi connectivity index (χ3v) is 7.98. The van der Waals surface area contributed by atoms with Crippen LogP contribution in [0.25, 0.3) is 21.9 Å². The van der Waals surface area contributed by atoms with Gasteiger partial charge in [0.25, 0.3) is 0 Å². The molecule has 1 saturated carbocycles. The monoisotopic (exact) mass is 421 g/mol. The maximum atomic E-state index is 5.66. The summed E-state index contributed by atoms with van der Waals surface area (Å²) in [6, 6.07) is 7.23. The van der Waals surface area contributed by atoms with E-state index < -0.39 is 0 Å². The summed E-state index contributed by atoms with van der Waals surface area (Å²) in [5, 5.41) is 6.90. The van der Waals surface area contributed by atoms with Gasteiger partial charge in [0.1, 0.15) is 0 Å². The molecule has 0 radical (unpaired) electrons. The molecule has 168 valence electrons. The topological polar surface area (TPSA) is 34.2 Å². The molecule has 1 aromatic carbocycles. The fraction of sp³-hybridized carbons (Fsp3) is 0.667. The molecular formula is C27H39N3O. The first kappa shape index (κ1) is 21.1. The summed E-state index contributed by atoms with van der Waals surface area (Å²) in [6.07, 6.45) is 7.63. The highest BCUT2D eigenvalue weighted by Crippen LogP contribution is 2.43. The maximum Gasteiger partial charge on any atom is 0.167 e. The van der Waals surface area contributed by atoms with Gasteiger partial charge >= 0.3 is 0 Å². The van der Waals surface area contributed by atoms with Crippen LogP contribution in [0.5, 0.6) is 0 Å². The molecule has 0 unspecified atom stereocenters. The number of fused-ring (bicyclic) bond motifs is 3. The normalized spacial score (nSPS) is 24.2. The summed E-state index contributed by atoms with van der Waals surface area (Å²) >= 11 is 0. The van der Waals surface area contributed by atoms with Crippen LogP contribution in [0.15, 0.2) is 28.9 Å². The Morgan fingerprint density at radius 1 is 1.00 bits per heavy atom. The number of benzene rings is 1. The predicted molar refractivity (Wildman–Crippen MR) is 129 cm³/mol. The molecular weight excluding hydrogens is 382 g/mol. The zero-order valence-electron chi connectivity index (χ0n) is 20.2. The zero-order chi connectivity index (χ0) is 22.0. The molecule has 0 N–H and O–H groups in total. The molecule has 1 aliphatic carbocycles. The van der Waals surface area contributed by atoms with Crippen LogP contribution in [-0.2, 0) is 5.41 Å². The van der Waals surface area contributed by atoms with Crippen LogP contribution in [-0.4, -0.2) is 34.3 Å². The van der Waals surface area contributed by atoms with E-state index >= 15 is 0 Å². The second kappa shape index (κ2) is 7.37. The van der Waals surface area contributed by atoms with Gasteiger partial charge in [-0.3, -0.25) is 0 Å². The molecule has 2 aromatic heterocycles. The lowest BCUT2D eigenvalue weighted by atomic mass is 9.74. The Labute approximate surface area is 186 Å². The number of nitrogens with zero attached hydrogens (tertiary/aromatic N) is 3. The number of hydrogen-bond acceptors (Lipinski definition) is 3. The van der Waals surface area contributed by atoms with Crippen LogP contribution in [0.4, 0.5) is 0 Å². The Morgan fingerprint density at radius 2 is 1.71 bits per heavy atom. The van der Waals surface area contributed by atoms with Gasteiger partial charge in [-0.15, -0.1) is 0 Å². The van der Waals surface area contributed by atoms with Crippen LogP contribution in [0, 0.1) is 17.3 Å². The molecule has 31 heavy (non-hydrogen) atoms. The van der Waals surface area contributed by atoms with Crippen LogP contribution >= 0.6 is 0 Å². The smallest absolute Gasteiger partial charge is 0.167 e. The molecule has 3 aromatic rings. The first-order valence-electron chi connectivity index (χ1n) is 12.2. The molecule has 0 atom stereocenters. The lowest BCUT2D eigenvalue weighted by molar-refractivity contribution is 0.0737. The first-order chi connectivity index (χ1) is 14.6. The van der Waals surface area contributed by atoms with Gasteiger partial charge in [0.2, 0.25) is 0 Å². The molecule has 4 nitrogen and oxygen atoms in total. The summed E-state index contributed by atoms with van der Waals surface area (Å²) < 4.78 is 8.17. The molecule has 1 saturated heterocycles. The minimum Gasteiger partial charge on any atom is -0.356 e. The third-order valence-electron chi connectivity index (χ3n) is 7.98. The minimum atomic E-state index is -0.0242. The van der Waals surface area contributed by atoms with Crippen LogP contribution < -0.4 is 0 Å². The van der Waals surface area contributed by atoms with E-state index in [9.17, 15) is 0 Å². The highest BCUT2D eigenvalue weighted by molar-refractivity contribution is 6.06. The Bertz CT molecular complexity index is 1060. The third kappa shape index (κ3) is 3.82. The molecule has 5 rings (SSSR count). The van der Waals surface area contributed by atoms with Gasteiger partial charge in [-0.25, -0.2) is 0 Å². The molecule has 1 aliphatic heterocycles. The second-order valence-corrected chi connectivity index (χ2v) is 12.3. The molecule has 2 fully saturated rings. The fourth-order valence-electron chi connectivity index (χ4n) is 5.93. The number of hydrogen-bond donors (Lipinski definition) is 0. The van der Waals surface area contributed by atoms with E-state index in [0.29, 0.717) is 11.5 Å². The SMILES string of the molecule is CC(C)(C)c1noc2ccc3c(ccn3C3CC(CN4CCC(C(C)(C)C)CC4)C3)c12. The maximum absolute atomic E-state index is 5.66. The average Bonchev–Trinajstić information content (AvgIpc) is 3.27. The van der Waals surface area contributed by atoms with Crippen molar-refractivity contribution in [3.63, 3.8) is 0 Å². The van der Waals surface area contributed by atoms with E-state index in [2.05, 4.69) is 80.6 Å². The van der Waals surface area contributed by atoms with Gasteiger partial charge in [0.05, 0.1) is 11.1 Å². The van der Waals surface area contributed by atoms with E-state index in [1.165, 1.54) is 61.6 Å². The van der Waals surface area contributed by atoms with Gasteiger partial charge < -0.3 is 14.0 Å². The Balaban J connectivity index is 1.26. The lowest BCUT2D eigenvalue weighted by Crippen LogP contribution is -2.43. The fourth-order valence-corrected chi connectivity index (χ4v) is 5.93. The molecule has 4 heteroatoms. The largest absolute Gasteiger partial charge is 0.356 e.